The predicted molar refractivity (Wildman–Crippen MR) is 59.4 cm³/mol. The number of halogens is 2. The van der Waals surface area contributed by atoms with Crippen LogP contribution in [0.3, 0.4) is 0 Å². The monoisotopic (exact) mass is 550 g/mol. The number of rotatable bonds is 3. The van der Waals surface area contributed by atoms with Crippen molar-refractivity contribution in [3.05, 3.63) is 6.54 Å². The van der Waals surface area contributed by atoms with E-state index in [2.05, 4.69) is 38.7 Å². The molecule has 1 unspecified atom stereocenters. The molecule has 0 aromatic rings. The Morgan fingerprint density at radius 2 is 2.00 bits per heavy atom. The summed E-state index contributed by atoms with van der Waals surface area (Å²) in [4.78, 5) is 0. The van der Waals surface area contributed by atoms with E-state index in [0.717, 1.165) is 13.0 Å². The van der Waals surface area contributed by atoms with Gasteiger partial charge >= 0.3 is 49.9 Å². The first-order valence-corrected chi connectivity index (χ1v) is 15.7. The van der Waals surface area contributed by atoms with Crippen LogP contribution >= 0.6 is 38.7 Å². The van der Waals surface area contributed by atoms with E-state index in [4.69, 9.17) is 11.5 Å². The molecule has 0 aliphatic heterocycles. The van der Waals surface area contributed by atoms with Gasteiger partial charge < -0.3 is 11.5 Å². The third-order valence-electron chi connectivity index (χ3n) is 0.951. The van der Waals surface area contributed by atoms with Gasteiger partial charge in [0.15, 0.2) is 0 Å². The molecule has 1 atom stereocenters. The average molecular weight is 550 g/mol. The Morgan fingerprint density at radius 1 is 1.60 bits per heavy atom. The number of nitrogens with two attached hydrogens (primary N) is 2. The van der Waals surface area contributed by atoms with E-state index in [9.17, 15) is 0 Å². The molecule has 5 heteroatoms. The first-order valence-electron chi connectivity index (χ1n) is 2.80. The first kappa shape index (κ1) is 14.6. The summed E-state index contributed by atoms with van der Waals surface area (Å²) in [6.45, 7) is 4.45. The van der Waals surface area contributed by atoms with Crippen molar-refractivity contribution in [2.24, 2.45) is 17.4 Å². The van der Waals surface area contributed by atoms with Crippen LogP contribution in [-0.2, 0) is 11.2 Å². The fourth-order valence-electron chi connectivity index (χ4n) is 0.359. The molecule has 4 N–H and O–H groups in total. The zero-order chi connectivity index (χ0) is 8.41. The first-order chi connectivity index (χ1) is 4.72. The van der Waals surface area contributed by atoms with Crippen molar-refractivity contribution in [2.45, 2.75) is 13.3 Å². The molecule has 0 saturated heterocycles. The van der Waals surface area contributed by atoms with E-state index >= 15 is 0 Å². The molecular weight excluding hydrogens is 537 g/mol. The molecule has 0 bridgehead atoms. The molecule has 68 valence electrons. The van der Waals surface area contributed by atoms with Gasteiger partial charge in [-0.1, -0.05) is 13.3 Å². The predicted octanol–water partition coefficient (Wildman–Crippen LogP) is 1.86. The molecule has 2 nitrogen and oxygen atoms in total. The normalized spacial score (nSPS) is 12.1. The van der Waals surface area contributed by atoms with E-state index < -0.39 is 0 Å². The van der Waals surface area contributed by atoms with Gasteiger partial charge in [-0.25, -0.2) is 0 Å². The van der Waals surface area contributed by atoms with E-state index in [1.54, 1.807) is 6.54 Å². The quantitative estimate of drug-likeness (QED) is 0.417. The van der Waals surface area contributed by atoms with Crippen LogP contribution in [0.5, 0.6) is 0 Å². The van der Waals surface area contributed by atoms with Crippen molar-refractivity contribution in [3.63, 3.8) is 0 Å². The van der Waals surface area contributed by atoms with Gasteiger partial charge in [0.1, 0.15) is 0 Å². The van der Waals surface area contributed by atoms with Crippen LogP contribution < -0.4 is 11.5 Å². The summed E-state index contributed by atoms with van der Waals surface area (Å²) in [7, 11) is 0. The Kier molecular flexibility index (Phi) is 19.9. The summed E-state index contributed by atoms with van der Waals surface area (Å²) < 4.78 is 0. The SMILES string of the molecule is CC([CH-]N)CCN.[I][Pt][I]. The van der Waals surface area contributed by atoms with Gasteiger partial charge in [0.2, 0.25) is 0 Å². The summed E-state index contributed by atoms with van der Waals surface area (Å²) in [5.41, 5.74) is 10.4. The van der Waals surface area contributed by atoms with Crippen molar-refractivity contribution < 1.29 is 11.2 Å². The third-order valence-corrected chi connectivity index (χ3v) is 0.951. The number of hydrogen-bond donors (Lipinski definition) is 2. The summed E-state index contributed by atoms with van der Waals surface area (Å²) in [6, 6.07) is 0. The molecule has 10 heavy (non-hydrogen) atoms. The van der Waals surface area contributed by atoms with Crippen LogP contribution in [0.2, 0.25) is 0 Å². The molecule has 0 aromatic carbocycles. The molecular formula is C5H13I2N2Pt-. The van der Waals surface area contributed by atoms with Crippen molar-refractivity contribution >= 4 is 38.7 Å². The van der Waals surface area contributed by atoms with E-state index in [0.29, 0.717) is 17.1 Å². The van der Waals surface area contributed by atoms with Crippen molar-refractivity contribution in [3.8, 4) is 0 Å². The van der Waals surface area contributed by atoms with Gasteiger partial charge in [-0.3, -0.25) is 6.54 Å². The molecule has 0 spiro atoms. The maximum atomic E-state index is 5.23. The van der Waals surface area contributed by atoms with Gasteiger partial charge in [-0.05, 0) is 6.54 Å². The van der Waals surface area contributed by atoms with Gasteiger partial charge in [0.25, 0.3) is 0 Å². The summed E-state index contributed by atoms with van der Waals surface area (Å²) >= 11 is 5.30. The van der Waals surface area contributed by atoms with Crippen molar-refractivity contribution in [2.75, 3.05) is 6.54 Å². The van der Waals surface area contributed by atoms with Crippen LogP contribution in [0.4, 0.5) is 0 Å². The zero-order valence-corrected chi connectivity index (χ0v) is 12.4. The van der Waals surface area contributed by atoms with Crippen LogP contribution in [-0.4, -0.2) is 6.54 Å². The topological polar surface area (TPSA) is 52.0 Å². The fourth-order valence-corrected chi connectivity index (χ4v) is 0.359. The molecule has 0 amide bonds. The fraction of sp³-hybridized carbons (Fsp3) is 0.800. The standard InChI is InChI=1S/C5H13N2.2HI.Pt/c1-5(4-7)2-3-6;;;/h4-5H,2-3,6-7H2,1H3;2*1H;/q-1;;;+2/p-2. The van der Waals surface area contributed by atoms with Crippen LogP contribution in [0.25, 0.3) is 0 Å². The molecule has 0 aliphatic rings. The second kappa shape index (κ2) is 13.6. The molecule has 0 radical (unpaired) electrons. The Bertz CT molecular complexity index is 56.9. The van der Waals surface area contributed by atoms with Gasteiger partial charge in [0.05, 0.1) is 0 Å². The summed E-state index contributed by atoms with van der Waals surface area (Å²) in [6.07, 6.45) is 0.997. The summed E-state index contributed by atoms with van der Waals surface area (Å²) in [5, 5.41) is 0. The Labute approximate surface area is 92.4 Å². The van der Waals surface area contributed by atoms with Gasteiger partial charge in [0, 0.05) is 0 Å². The second-order valence-electron chi connectivity index (χ2n) is 1.79. The van der Waals surface area contributed by atoms with E-state index in [1.165, 1.54) is 0 Å². The van der Waals surface area contributed by atoms with E-state index in [-0.39, 0.29) is 0 Å². The Morgan fingerprint density at radius 3 is 2.10 bits per heavy atom. The summed E-state index contributed by atoms with van der Waals surface area (Å²) in [5.74, 6) is 0.477. The maximum absolute atomic E-state index is 5.23. The molecule has 0 rings (SSSR count). The minimum atomic E-state index is 0.477. The molecule has 0 fully saturated rings. The van der Waals surface area contributed by atoms with Crippen molar-refractivity contribution in [1.82, 2.24) is 0 Å². The number of hydrogen-bond acceptors (Lipinski definition) is 2. The average Bonchev–Trinajstić information content (AvgIpc) is 1.90. The van der Waals surface area contributed by atoms with Crippen molar-refractivity contribution in [1.29, 1.82) is 0 Å². The van der Waals surface area contributed by atoms with E-state index in [1.807, 2.05) is 6.92 Å². The molecule has 0 heterocycles. The van der Waals surface area contributed by atoms with Gasteiger partial charge in [-0.15, -0.1) is 0 Å². The third kappa shape index (κ3) is 16.6. The van der Waals surface area contributed by atoms with Crippen LogP contribution in [0.15, 0.2) is 0 Å². The molecule has 0 saturated carbocycles. The molecule has 0 aromatic heterocycles. The zero-order valence-electron chi connectivity index (χ0n) is 5.80. The van der Waals surface area contributed by atoms with Crippen LogP contribution in [0, 0.1) is 12.5 Å². The Hall–Kier alpha value is 2.07. The Balaban J connectivity index is 0. The van der Waals surface area contributed by atoms with Gasteiger partial charge in [-0.2, -0.15) is 5.92 Å². The molecule has 0 aliphatic carbocycles. The second-order valence-corrected chi connectivity index (χ2v) is 18.4. The minimum absolute atomic E-state index is 0.477. The van der Waals surface area contributed by atoms with Crippen LogP contribution in [0.1, 0.15) is 13.3 Å².